The van der Waals surface area contributed by atoms with Crippen molar-refractivity contribution >= 4 is 5.91 Å². The van der Waals surface area contributed by atoms with Crippen LogP contribution in [0.2, 0.25) is 0 Å². The second-order valence-electron chi connectivity index (χ2n) is 6.74. The Morgan fingerprint density at radius 3 is 2.50 bits per heavy atom. The Balaban J connectivity index is 1.77. The number of hydrogen-bond donors (Lipinski definition) is 1. The first-order chi connectivity index (χ1) is 11.5. The number of nitrogens with zero attached hydrogens (tertiary/aromatic N) is 2. The van der Waals surface area contributed by atoms with Gasteiger partial charge in [-0.3, -0.25) is 9.48 Å². The molecule has 1 N–H and O–H groups in total. The van der Waals surface area contributed by atoms with Crippen molar-refractivity contribution in [2.45, 2.75) is 32.1 Å². The van der Waals surface area contributed by atoms with Gasteiger partial charge in [-0.15, -0.1) is 0 Å². The second kappa shape index (κ2) is 6.77. The normalized spacial score (nSPS) is 16.8. The molecule has 0 unspecified atom stereocenters. The van der Waals surface area contributed by atoms with Crippen molar-refractivity contribution in [3.8, 4) is 0 Å². The molecule has 1 aromatic carbocycles. The summed E-state index contributed by atoms with van der Waals surface area (Å²) < 4.78 is 7.27. The molecule has 2 heterocycles. The van der Waals surface area contributed by atoms with Crippen molar-refractivity contribution in [1.82, 2.24) is 15.1 Å². The van der Waals surface area contributed by atoms with Gasteiger partial charge < -0.3 is 10.1 Å². The van der Waals surface area contributed by atoms with Crippen molar-refractivity contribution in [2.24, 2.45) is 7.05 Å². The van der Waals surface area contributed by atoms with Crippen LogP contribution in [-0.2, 0) is 17.2 Å². The van der Waals surface area contributed by atoms with Crippen LogP contribution in [0.5, 0.6) is 0 Å². The smallest absolute Gasteiger partial charge is 0.271 e. The molecule has 1 saturated heterocycles. The van der Waals surface area contributed by atoms with Crippen molar-refractivity contribution in [3.63, 3.8) is 0 Å². The van der Waals surface area contributed by atoms with Crippen LogP contribution >= 0.6 is 0 Å². The summed E-state index contributed by atoms with van der Waals surface area (Å²) in [5.74, 6) is -0.114. The fourth-order valence-electron chi connectivity index (χ4n) is 3.25. The Labute approximate surface area is 143 Å². The van der Waals surface area contributed by atoms with E-state index in [2.05, 4.69) is 41.6 Å². The maximum Gasteiger partial charge on any atom is 0.271 e. The van der Waals surface area contributed by atoms with E-state index in [4.69, 9.17) is 4.74 Å². The standard InChI is InChI=1S/C19H25N3O2/c1-14-4-6-16(7-5-14)19(8-10-24-11-9-19)13-20-18(23)17-12-15(2)22(3)21-17/h4-7,12H,8-11,13H2,1-3H3,(H,20,23). The molecular weight excluding hydrogens is 302 g/mol. The predicted octanol–water partition coefficient (Wildman–Crippen LogP) is 2.52. The lowest BCUT2D eigenvalue weighted by Crippen LogP contribution is -2.44. The third kappa shape index (κ3) is 3.36. The van der Waals surface area contributed by atoms with Gasteiger partial charge in [0.15, 0.2) is 0 Å². The van der Waals surface area contributed by atoms with E-state index in [9.17, 15) is 4.79 Å². The topological polar surface area (TPSA) is 56.2 Å². The van der Waals surface area contributed by atoms with Gasteiger partial charge in [0.2, 0.25) is 0 Å². The van der Waals surface area contributed by atoms with Crippen LogP contribution < -0.4 is 5.32 Å². The van der Waals surface area contributed by atoms with Crippen molar-refractivity contribution in [3.05, 3.63) is 52.8 Å². The Morgan fingerprint density at radius 2 is 1.92 bits per heavy atom. The lowest BCUT2D eigenvalue weighted by Gasteiger charge is -2.38. The monoisotopic (exact) mass is 327 g/mol. The molecule has 1 aromatic heterocycles. The van der Waals surface area contributed by atoms with Crippen LogP contribution in [0, 0.1) is 13.8 Å². The molecule has 0 aliphatic carbocycles. The third-order valence-electron chi connectivity index (χ3n) is 5.05. The minimum atomic E-state index is -0.114. The summed E-state index contributed by atoms with van der Waals surface area (Å²) in [6, 6.07) is 10.4. The maximum absolute atomic E-state index is 12.5. The molecule has 1 aliphatic rings. The zero-order valence-electron chi connectivity index (χ0n) is 14.6. The van der Waals surface area contributed by atoms with E-state index < -0.39 is 0 Å². The van der Waals surface area contributed by atoms with Gasteiger partial charge in [0.25, 0.3) is 5.91 Å². The zero-order valence-corrected chi connectivity index (χ0v) is 14.6. The van der Waals surface area contributed by atoms with E-state index in [0.29, 0.717) is 12.2 Å². The fraction of sp³-hybridized carbons (Fsp3) is 0.474. The van der Waals surface area contributed by atoms with Crippen LogP contribution in [0.4, 0.5) is 0 Å². The Bertz CT molecular complexity index is 693. The molecule has 1 aliphatic heterocycles. The van der Waals surface area contributed by atoms with Gasteiger partial charge in [-0.05, 0) is 38.3 Å². The molecule has 1 fully saturated rings. The van der Waals surface area contributed by atoms with E-state index in [1.807, 2.05) is 20.0 Å². The van der Waals surface area contributed by atoms with E-state index in [-0.39, 0.29) is 11.3 Å². The lowest BCUT2D eigenvalue weighted by molar-refractivity contribution is 0.0486. The lowest BCUT2D eigenvalue weighted by atomic mass is 9.74. The number of amides is 1. The number of ether oxygens (including phenoxy) is 1. The van der Waals surface area contributed by atoms with Crippen LogP contribution in [0.1, 0.15) is 40.2 Å². The number of hydrogen-bond acceptors (Lipinski definition) is 3. The third-order valence-corrected chi connectivity index (χ3v) is 5.05. The molecular formula is C19H25N3O2. The van der Waals surface area contributed by atoms with Crippen LogP contribution in [-0.4, -0.2) is 35.4 Å². The maximum atomic E-state index is 12.5. The number of nitrogens with one attached hydrogen (secondary N) is 1. The molecule has 0 radical (unpaired) electrons. The molecule has 2 aromatic rings. The molecule has 0 atom stereocenters. The average Bonchev–Trinajstić information content (AvgIpc) is 2.93. The molecule has 3 rings (SSSR count). The van der Waals surface area contributed by atoms with E-state index >= 15 is 0 Å². The number of carbonyl (C=O) groups is 1. The van der Waals surface area contributed by atoms with Crippen LogP contribution in [0.25, 0.3) is 0 Å². The summed E-state index contributed by atoms with van der Waals surface area (Å²) in [6.07, 6.45) is 1.83. The van der Waals surface area contributed by atoms with Crippen LogP contribution in [0.3, 0.4) is 0 Å². The highest BCUT2D eigenvalue weighted by Crippen LogP contribution is 2.34. The SMILES string of the molecule is Cc1ccc(C2(CNC(=O)c3cc(C)n(C)n3)CCOCC2)cc1. The number of aryl methyl sites for hydroxylation is 3. The highest BCUT2D eigenvalue weighted by Gasteiger charge is 2.35. The van der Waals surface area contributed by atoms with E-state index in [0.717, 1.165) is 31.7 Å². The van der Waals surface area contributed by atoms with Gasteiger partial charge >= 0.3 is 0 Å². The molecule has 0 bridgehead atoms. The minimum Gasteiger partial charge on any atom is -0.381 e. The first-order valence-electron chi connectivity index (χ1n) is 8.44. The summed E-state index contributed by atoms with van der Waals surface area (Å²) in [5.41, 5.74) is 3.90. The number of benzene rings is 1. The summed E-state index contributed by atoms with van der Waals surface area (Å²) in [7, 11) is 1.85. The number of rotatable bonds is 4. The summed E-state index contributed by atoms with van der Waals surface area (Å²) in [4.78, 5) is 12.5. The van der Waals surface area contributed by atoms with Crippen molar-refractivity contribution < 1.29 is 9.53 Å². The molecule has 1 amide bonds. The second-order valence-corrected chi connectivity index (χ2v) is 6.74. The number of aromatic nitrogens is 2. The molecule has 0 spiro atoms. The van der Waals surface area contributed by atoms with Gasteiger partial charge in [-0.1, -0.05) is 29.8 Å². The highest BCUT2D eigenvalue weighted by molar-refractivity contribution is 5.92. The van der Waals surface area contributed by atoms with Gasteiger partial charge in [-0.2, -0.15) is 5.10 Å². The Kier molecular flexibility index (Phi) is 4.71. The zero-order chi connectivity index (χ0) is 17.2. The quantitative estimate of drug-likeness (QED) is 0.939. The summed E-state index contributed by atoms with van der Waals surface area (Å²) in [6.45, 7) is 6.09. The first kappa shape index (κ1) is 16.7. The van der Waals surface area contributed by atoms with Crippen molar-refractivity contribution in [2.75, 3.05) is 19.8 Å². The summed E-state index contributed by atoms with van der Waals surface area (Å²) in [5, 5.41) is 7.35. The van der Waals surface area contributed by atoms with Gasteiger partial charge in [0, 0.05) is 37.9 Å². The fourth-order valence-corrected chi connectivity index (χ4v) is 3.25. The molecule has 5 nitrogen and oxygen atoms in total. The highest BCUT2D eigenvalue weighted by atomic mass is 16.5. The summed E-state index contributed by atoms with van der Waals surface area (Å²) >= 11 is 0. The predicted molar refractivity (Wildman–Crippen MR) is 93.2 cm³/mol. The van der Waals surface area contributed by atoms with Crippen molar-refractivity contribution in [1.29, 1.82) is 0 Å². The van der Waals surface area contributed by atoms with Gasteiger partial charge in [0.05, 0.1) is 0 Å². The van der Waals surface area contributed by atoms with E-state index in [1.54, 1.807) is 4.68 Å². The largest absolute Gasteiger partial charge is 0.381 e. The van der Waals surface area contributed by atoms with Gasteiger partial charge in [0.1, 0.15) is 5.69 Å². The Hall–Kier alpha value is -2.14. The molecule has 128 valence electrons. The average molecular weight is 327 g/mol. The number of carbonyl (C=O) groups excluding carboxylic acids is 1. The first-order valence-corrected chi connectivity index (χ1v) is 8.44. The van der Waals surface area contributed by atoms with Gasteiger partial charge in [-0.25, -0.2) is 0 Å². The van der Waals surface area contributed by atoms with Crippen LogP contribution in [0.15, 0.2) is 30.3 Å². The van der Waals surface area contributed by atoms with E-state index in [1.165, 1.54) is 11.1 Å². The molecule has 24 heavy (non-hydrogen) atoms. The molecule has 5 heteroatoms. The Morgan fingerprint density at radius 1 is 1.25 bits per heavy atom. The minimum absolute atomic E-state index is 0.0641. The molecule has 0 saturated carbocycles.